The Balaban J connectivity index is 2.18. The van der Waals surface area contributed by atoms with Gasteiger partial charge in [-0.15, -0.1) is 0 Å². The fourth-order valence-electron chi connectivity index (χ4n) is 2.58. The van der Waals surface area contributed by atoms with Crippen LogP contribution in [0.15, 0.2) is 18.2 Å². The van der Waals surface area contributed by atoms with Gasteiger partial charge in [-0.05, 0) is 42.9 Å². The lowest BCUT2D eigenvalue weighted by atomic mass is 9.96. The third kappa shape index (κ3) is 3.26. The monoisotopic (exact) mass is 264 g/mol. The fraction of sp³-hybridized carbons (Fsp3) is 0.533. The van der Waals surface area contributed by atoms with E-state index in [2.05, 4.69) is 6.07 Å². The van der Waals surface area contributed by atoms with Crippen LogP contribution in [0.1, 0.15) is 42.7 Å². The number of ether oxygens (including phenoxy) is 1. The molecule has 1 aliphatic carbocycles. The second-order valence-electron chi connectivity index (χ2n) is 5.13. The maximum Gasteiger partial charge on any atom is 0.347 e. The summed E-state index contributed by atoms with van der Waals surface area (Å²) in [5.74, 6) is -0.0284. The summed E-state index contributed by atoms with van der Waals surface area (Å²) in [6, 6.07) is 5.98. The van der Waals surface area contributed by atoms with E-state index >= 15 is 0 Å². The maximum absolute atomic E-state index is 10.9. The van der Waals surface area contributed by atoms with E-state index in [0.717, 1.165) is 5.56 Å². The molecule has 1 saturated carbocycles. The minimum absolute atomic E-state index is 0.525. The molecule has 1 aliphatic rings. The van der Waals surface area contributed by atoms with Crippen LogP contribution in [0.2, 0.25) is 0 Å². The van der Waals surface area contributed by atoms with Gasteiger partial charge < -0.3 is 14.9 Å². The van der Waals surface area contributed by atoms with E-state index in [9.17, 15) is 4.79 Å². The standard InChI is InChI=1S/C15H20O4/c1-10-6-7-12(11-4-2-3-5-11)8-13(10)19-14(9-16)15(17)18/h6-8,11,14,16H,2-5,9H2,1H3,(H,17,18). The Labute approximate surface area is 113 Å². The van der Waals surface area contributed by atoms with Crippen molar-refractivity contribution in [2.24, 2.45) is 0 Å². The van der Waals surface area contributed by atoms with Gasteiger partial charge in [0.15, 0.2) is 0 Å². The van der Waals surface area contributed by atoms with Crippen LogP contribution < -0.4 is 4.74 Å². The highest BCUT2D eigenvalue weighted by Crippen LogP contribution is 2.36. The highest BCUT2D eigenvalue weighted by Gasteiger charge is 2.21. The SMILES string of the molecule is Cc1ccc(C2CCCC2)cc1OC(CO)C(=O)O. The highest BCUT2D eigenvalue weighted by molar-refractivity contribution is 5.73. The van der Waals surface area contributed by atoms with E-state index in [1.54, 1.807) is 0 Å². The normalized spacial score (nSPS) is 17.4. The van der Waals surface area contributed by atoms with Gasteiger partial charge in [-0.25, -0.2) is 4.79 Å². The minimum atomic E-state index is -1.20. The maximum atomic E-state index is 10.9. The number of benzene rings is 1. The van der Waals surface area contributed by atoms with Crippen molar-refractivity contribution in [2.45, 2.75) is 44.6 Å². The van der Waals surface area contributed by atoms with E-state index < -0.39 is 18.7 Å². The Morgan fingerprint density at radius 1 is 1.42 bits per heavy atom. The summed E-state index contributed by atoms with van der Waals surface area (Å²) in [4.78, 5) is 10.9. The van der Waals surface area contributed by atoms with Crippen LogP contribution in [-0.2, 0) is 4.79 Å². The molecular weight excluding hydrogens is 244 g/mol. The molecule has 0 aliphatic heterocycles. The molecule has 104 valence electrons. The predicted molar refractivity (Wildman–Crippen MR) is 71.5 cm³/mol. The molecule has 0 saturated heterocycles. The van der Waals surface area contributed by atoms with Gasteiger partial charge in [0, 0.05) is 0 Å². The average molecular weight is 264 g/mol. The van der Waals surface area contributed by atoms with Gasteiger partial charge in [0.2, 0.25) is 6.10 Å². The lowest BCUT2D eigenvalue weighted by molar-refractivity contribution is -0.146. The number of aliphatic carboxylic acids is 1. The number of carbonyl (C=O) groups is 1. The molecule has 0 amide bonds. The number of rotatable bonds is 5. The summed E-state index contributed by atoms with van der Waals surface area (Å²) in [6.07, 6.45) is 3.68. The van der Waals surface area contributed by atoms with Crippen LogP contribution in [-0.4, -0.2) is 28.9 Å². The van der Waals surface area contributed by atoms with Crippen LogP contribution in [0.4, 0.5) is 0 Å². The number of carboxylic acid groups (broad SMARTS) is 1. The van der Waals surface area contributed by atoms with Crippen molar-refractivity contribution >= 4 is 5.97 Å². The molecule has 0 aromatic heterocycles. The fourth-order valence-corrected chi connectivity index (χ4v) is 2.58. The molecule has 1 unspecified atom stereocenters. The summed E-state index contributed by atoms with van der Waals surface area (Å²) in [5, 5.41) is 17.9. The van der Waals surface area contributed by atoms with E-state index in [1.165, 1.54) is 31.2 Å². The summed E-state index contributed by atoms with van der Waals surface area (Å²) >= 11 is 0. The lowest BCUT2D eigenvalue weighted by Gasteiger charge is -2.17. The smallest absolute Gasteiger partial charge is 0.347 e. The zero-order valence-electron chi connectivity index (χ0n) is 11.1. The van der Waals surface area contributed by atoms with E-state index in [4.69, 9.17) is 14.9 Å². The highest BCUT2D eigenvalue weighted by atomic mass is 16.5. The van der Waals surface area contributed by atoms with Gasteiger partial charge in [0.1, 0.15) is 5.75 Å². The number of aliphatic hydroxyl groups excluding tert-OH is 1. The van der Waals surface area contributed by atoms with Gasteiger partial charge in [0.25, 0.3) is 0 Å². The molecular formula is C15H20O4. The van der Waals surface area contributed by atoms with Crippen molar-refractivity contribution in [3.63, 3.8) is 0 Å². The van der Waals surface area contributed by atoms with Crippen molar-refractivity contribution in [3.05, 3.63) is 29.3 Å². The molecule has 1 aromatic rings. The molecule has 2 N–H and O–H groups in total. The Kier molecular flexibility index (Phi) is 4.43. The summed E-state index contributed by atoms with van der Waals surface area (Å²) in [5.41, 5.74) is 2.10. The molecule has 0 heterocycles. The number of aryl methyl sites for hydroxylation is 1. The minimum Gasteiger partial charge on any atom is -0.478 e. The first-order chi connectivity index (χ1) is 9.11. The van der Waals surface area contributed by atoms with Gasteiger partial charge in [0.05, 0.1) is 6.61 Å². The Hall–Kier alpha value is -1.55. The zero-order chi connectivity index (χ0) is 13.8. The Bertz CT molecular complexity index is 449. The van der Waals surface area contributed by atoms with Crippen molar-refractivity contribution in [1.29, 1.82) is 0 Å². The summed E-state index contributed by atoms with van der Waals surface area (Å²) < 4.78 is 5.41. The van der Waals surface area contributed by atoms with Crippen molar-refractivity contribution in [2.75, 3.05) is 6.61 Å². The van der Waals surface area contributed by atoms with Crippen molar-refractivity contribution in [1.82, 2.24) is 0 Å². The number of hydrogen-bond donors (Lipinski definition) is 2. The molecule has 1 fully saturated rings. The quantitative estimate of drug-likeness (QED) is 0.857. The Morgan fingerprint density at radius 2 is 2.11 bits per heavy atom. The molecule has 2 rings (SSSR count). The third-order valence-electron chi connectivity index (χ3n) is 3.75. The topological polar surface area (TPSA) is 66.8 Å². The summed E-state index contributed by atoms with van der Waals surface area (Å²) in [6.45, 7) is 1.35. The molecule has 0 radical (unpaired) electrons. The largest absolute Gasteiger partial charge is 0.478 e. The molecule has 19 heavy (non-hydrogen) atoms. The zero-order valence-corrected chi connectivity index (χ0v) is 11.1. The van der Waals surface area contributed by atoms with Crippen molar-refractivity contribution in [3.8, 4) is 5.75 Å². The van der Waals surface area contributed by atoms with Gasteiger partial charge in [-0.2, -0.15) is 0 Å². The lowest BCUT2D eigenvalue weighted by Crippen LogP contribution is -2.30. The van der Waals surface area contributed by atoms with Crippen LogP contribution in [0.3, 0.4) is 0 Å². The molecule has 4 nitrogen and oxygen atoms in total. The number of aliphatic hydroxyl groups is 1. The van der Waals surface area contributed by atoms with Crippen molar-refractivity contribution < 1.29 is 19.7 Å². The van der Waals surface area contributed by atoms with Crippen LogP contribution in [0.5, 0.6) is 5.75 Å². The van der Waals surface area contributed by atoms with Gasteiger partial charge in [-0.1, -0.05) is 25.0 Å². The van der Waals surface area contributed by atoms with E-state index in [0.29, 0.717) is 11.7 Å². The number of carboxylic acids is 1. The van der Waals surface area contributed by atoms with Crippen LogP contribution in [0, 0.1) is 6.92 Å². The molecule has 4 heteroatoms. The van der Waals surface area contributed by atoms with Gasteiger partial charge >= 0.3 is 5.97 Å². The van der Waals surface area contributed by atoms with Crippen LogP contribution in [0.25, 0.3) is 0 Å². The average Bonchev–Trinajstić information content (AvgIpc) is 2.91. The first-order valence-electron chi connectivity index (χ1n) is 6.72. The van der Waals surface area contributed by atoms with Crippen LogP contribution >= 0.6 is 0 Å². The summed E-state index contributed by atoms with van der Waals surface area (Å²) in [7, 11) is 0. The molecule has 1 atom stereocenters. The molecule has 0 bridgehead atoms. The third-order valence-corrected chi connectivity index (χ3v) is 3.75. The first kappa shape index (κ1) is 13.9. The molecule has 1 aromatic carbocycles. The second-order valence-corrected chi connectivity index (χ2v) is 5.13. The number of hydrogen-bond acceptors (Lipinski definition) is 3. The second kappa shape index (κ2) is 6.06. The van der Waals surface area contributed by atoms with E-state index in [-0.39, 0.29) is 0 Å². The first-order valence-corrected chi connectivity index (χ1v) is 6.72. The molecule has 0 spiro atoms. The van der Waals surface area contributed by atoms with E-state index in [1.807, 2.05) is 19.1 Å². The predicted octanol–water partition coefficient (Wildman–Crippen LogP) is 2.48. The van der Waals surface area contributed by atoms with Gasteiger partial charge in [-0.3, -0.25) is 0 Å². The Morgan fingerprint density at radius 3 is 2.68 bits per heavy atom.